The second-order valence-electron chi connectivity index (χ2n) is 10.6. The first-order valence-electron chi connectivity index (χ1n) is 14.0. The third kappa shape index (κ3) is 6.09. The molecule has 3 aromatic rings. The summed E-state index contributed by atoms with van der Waals surface area (Å²) < 4.78 is 47.0. The Morgan fingerprint density at radius 1 is 1.05 bits per heavy atom. The van der Waals surface area contributed by atoms with Gasteiger partial charge < -0.3 is 15.0 Å². The molecule has 0 spiro atoms. The highest BCUT2D eigenvalue weighted by atomic mass is 35.5. The first-order chi connectivity index (χ1) is 20.6. The maximum atomic E-state index is 14.6. The Bertz CT molecular complexity index is 1500. The van der Waals surface area contributed by atoms with E-state index in [4.69, 9.17) is 16.3 Å². The summed E-state index contributed by atoms with van der Waals surface area (Å²) in [5.74, 6) is -3.36. The number of ether oxygens (including phenoxy) is 1. The van der Waals surface area contributed by atoms with Crippen molar-refractivity contribution in [3.63, 3.8) is 0 Å². The van der Waals surface area contributed by atoms with Gasteiger partial charge in [-0.05, 0) is 73.9 Å². The highest BCUT2D eigenvalue weighted by molar-refractivity contribution is 6.30. The number of benzene rings is 2. The molecule has 8 nitrogen and oxygen atoms in total. The third-order valence-electron chi connectivity index (χ3n) is 8.23. The molecule has 0 unspecified atom stereocenters. The van der Waals surface area contributed by atoms with Crippen LogP contribution in [0.2, 0.25) is 5.02 Å². The number of nitrogens with one attached hydrogen (secondary N) is 1. The number of aromatic nitrogens is 1. The van der Waals surface area contributed by atoms with Gasteiger partial charge in [0.25, 0.3) is 5.91 Å². The number of hydrogen-bond donors (Lipinski definition) is 1. The zero-order valence-corrected chi connectivity index (χ0v) is 24.1. The number of hydrogen-bond acceptors (Lipinski definition) is 6. The van der Waals surface area contributed by atoms with E-state index >= 15 is 0 Å². The van der Waals surface area contributed by atoms with Crippen molar-refractivity contribution >= 4 is 29.4 Å². The summed E-state index contributed by atoms with van der Waals surface area (Å²) in [6, 6.07) is 11.8. The first-order valence-corrected chi connectivity index (χ1v) is 14.4. The monoisotopic (exact) mass is 614 g/mol. The largest absolute Gasteiger partial charge is 0.416 e. The van der Waals surface area contributed by atoms with Crippen LogP contribution in [-0.2, 0) is 4.79 Å². The Morgan fingerprint density at radius 3 is 2.37 bits per heavy atom. The summed E-state index contributed by atoms with van der Waals surface area (Å²) in [6.45, 7) is 2.68. The number of rotatable bonds is 7. The molecule has 0 aliphatic carbocycles. The fourth-order valence-electron chi connectivity index (χ4n) is 6.09. The molecule has 1 N–H and O–H groups in total. The topological polar surface area (TPSA) is 91.8 Å². The predicted octanol–water partition coefficient (Wildman–Crippen LogP) is 5.22. The van der Waals surface area contributed by atoms with Crippen LogP contribution >= 0.6 is 11.6 Å². The highest BCUT2D eigenvalue weighted by Crippen LogP contribution is 2.42. The van der Waals surface area contributed by atoms with E-state index in [1.807, 2.05) is 0 Å². The maximum Gasteiger partial charge on any atom is 0.416 e. The minimum Gasteiger partial charge on any atom is -0.410 e. The molecule has 2 aliphatic rings. The molecule has 2 atom stereocenters. The number of ketones is 1. The van der Waals surface area contributed by atoms with Gasteiger partial charge in [-0.15, -0.1) is 0 Å². The second-order valence-corrected chi connectivity index (χ2v) is 11.0. The van der Waals surface area contributed by atoms with Crippen molar-refractivity contribution in [3.05, 3.63) is 94.5 Å². The number of pyridine rings is 1. The summed E-state index contributed by atoms with van der Waals surface area (Å²) in [5.41, 5.74) is -0.863. The summed E-state index contributed by atoms with van der Waals surface area (Å²) in [7, 11) is 0. The molecule has 43 heavy (non-hydrogen) atoms. The van der Waals surface area contributed by atoms with Gasteiger partial charge in [0.15, 0.2) is 5.78 Å². The lowest BCUT2D eigenvalue weighted by atomic mass is 9.71. The van der Waals surface area contributed by atoms with Crippen molar-refractivity contribution in [2.45, 2.75) is 31.2 Å². The molecule has 2 fully saturated rings. The van der Waals surface area contributed by atoms with Crippen LogP contribution in [0.4, 0.5) is 18.0 Å². The van der Waals surface area contributed by atoms with Crippen LogP contribution in [-0.4, -0.2) is 70.8 Å². The normalized spacial score (nSPS) is 20.6. The molecule has 0 saturated carbocycles. The quantitative estimate of drug-likeness (QED) is 0.392. The summed E-state index contributed by atoms with van der Waals surface area (Å²) in [6.07, 6.45) is 0.810. The summed E-state index contributed by atoms with van der Waals surface area (Å²) >= 11 is 5.95. The van der Waals surface area contributed by atoms with E-state index in [-0.39, 0.29) is 60.9 Å². The lowest BCUT2D eigenvalue weighted by Crippen LogP contribution is -2.64. The average Bonchev–Trinajstić information content (AvgIpc) is 3.45. The van der Waals surface area contributed by atoms with E-state index in [1.54, 1.807) is 17.9 Å². The van der Waals surface area contributed by atoms with Gasteiger partial charge >= 0.3 is 6.09 Å². The van der Waals surface area contributed by atoms with Crippen LogP contribution < -0.4 is 10.1 Å². The van der Waals surface area contributed by atoms with Gasteiger partial charge in [0.05, 0.1) is 11.2 Å². The van der Waals surface area contributed by atoms with Crippen molar-refractivity contribution in [2.24, 2.45) is 5.92 Å². The molecular formula is C31H30ClF3N4O4. The average molecular weight is 615 g/mol. The minimum absolute atomic E-state index is 0.0672. The highest BCUT2D eigenvalue weighted by Gasteiger charge is 2.57. The van der Waals surface area contributed by atoms with E-state index in [1.165, 1.54) is 35.2 Å². The second kappa shape index (κ2) is 12.7. The van der Waals surface area contributed by atoms with Crippen LogP contribution in [0.3, 0.4) is 0 Å². The SMILES string of the molecule is CCN(C(=O)Oc1ccc(F)cc1)[C@]1(C(=O)C2CCN(C(=O)c3ccc(F)cn3)CC2)CNC[C@H]1c1ccc(Cl)c(F)c1. The molecule has 2 amide bonds. The molecular weight excluding hydrogens is 585 g/mol. The lowest BCUT2D eigenvalue weighted by Gasteiger charge is -2.45. The van der Waals surface area contributed by atoms with Crippen molar-refractivity contribution in [1.29, 1.82) is 0 Å². The fraction of sp³-hybridized carbons (Fsp3) is 0.355. The molecule has 0 radical (unpaired) electrons. The van der Waals surface area contributed by atoms with Gasteiger partial charge in [0.1, 0.15) is 34.4 Å². The van der Waals surface area contributed by atoms with Gasteiger partial charge in [0.2, 0.25) is 0 Å². The Kier molecular flexibility index (Phi) is 9.03. The van der Waals surface area contributed by atoms with Crippen LogP contribution in [0, 0.1) is 23.4 Å². The van der Waals surface area contributed by atoms with Crippen LogP contribution in [0.5, 0.6) is 5.75 Å². The smallest absolute Gasteiger partial charge is 0.410 e. The van der Waals surface area contributed by atoms with Gasteiger partial charge in [-0.25, -0.2) is 22.9 Å². The molecule has 226 valence electrons. The Hall–Kier alpha value is -3.96. The van der Waals surface area contributed by atoms with Crippen molar-refractivity contribution < 1.29 is 32.3 Å². The minimum atomic E-state index is -1.46. The van der Waals surface area contributed by atoms with E-state index in [0.717, 1.165) is 24.4 Å². The zero-order chi connectivity index (χ0) is 30.7. The number of carbonyl (C=O) groups is 3. The molecule has 12 heteroatoms. The van der Waals surface area contributed by atoms with Crippen LogP contribution in [0.15, 0.2) is 60.8 Å². The van der Waals surface area contributed by atoms with E-state index in [9.17, 15) is 27.6 Å². The van der Waals surface area contributed by atoms with Gasteiger partial charge in [-0.3, -0.25) is 14.5 Å². The Morgan fingerprint density at radius 2 is 1.74 bits per heavy atom. The predicted molar refractivity (Wildman–Crippen MR) is 152 cm³/mol. The summed E-state index contributed by atoms with van der Waals surface area (Å²) in [4.78, 5) is 48.0. The van der Waals surface area contributed by atoms with E-state index in [2.05, 4.69) is 10.3 Å². The van der Waals surface area contributed by atoms with Crippen LogP contribution in [0.25, 0.3) is 0 Å². The van der Waals surface area contributed by atoms with Crippen molar-refractivity contribution in [2.75, 3.05) is 32.7 Å². The third-order valence-corrected chi connectivity index (χ3v) is 8.54. The molecule has 1 aromatic heterocycles. The number of likely N-dealkylation sites (N-methyl/N-ethyl adjacent to an activating group) is 1. The zero-order valence-electron chi connectivity index (χ0n) is 23.4. The number of amides is 2. The van der Waals surface area contributed by atoms with Crippen LogP contribution in [0.1, 0.15) is 41.7 Å². The van der Waals surface area contributed by atoms with Gasteiger partial charge in [0, 0.05) is 44.6 Å². The van der Waals surface area contributed by atoms with Crippen molar-refractivity contribution in [1.82, 2.24) is 20.1 Å². The van der Waals surface area contributed by atoms with Gasteiger partial charge in [-0.1, -0.05) is 17.7 Å². The Balaban J connectivity index is 1.44. The molecule has 2 saturated heterocycles. The van der Waals surface area contributed by atoms with E-state index < -0.39 is 40.9 Å². The van der Waals surface area contributed by atoms with Gasteiger partial charge in [-0.2, -0.15) is 0 Å². The molecule has 5 rings (SSSR count). The number of likely N-dealkylation sites (tertiary alicyclic amines) is 1. The maximum absolute atomic E-state index is 14.6. The number of carbonyl (C=O) groups excluding carboxylic acids is 3. The number of halogens is 4. The summed E-state index contributed by atoms with van der Waals surface area (Å²) in [5, 5.41) is 3.16. The lowest BCUT2D eigenvalue weighted by molar-refractivity contribution is -0.135. The molecule has 2 aliphatic heterocycles. The molecule has 0 bridgehead atoms. The molecule has 2 aromatic carbocycles. The first kappa shape index (κ1) is 30.5. The fourth-order valence-corrected chi connectivity index (χ4v) is 6.21. The standard InChI is InChI=1S/C31H30ClF3N4O4/c1-2-39(30(42)43-23-7-4-21(33)5-8-23)31(18-36-17-24(31)20-3-9-25(32)26(35)15-20)28(40)19-11-13-38(14-12-19)29(41)27-10-6-22(34)16-37-27/h3-10,15-16,19,24,36H,2,11-14,17-18H2,1H3/t24-,31+/m0/s1. The number of piperidine rings is 1. The van der Waals surface area contributed by atoms with E-state index in [0.29, 0.717) is 18.4 Å². The molecule has 3 heterocycles. The van der Waals surface area contributed by atoms with Crippen molar-refractivity contribution in [3.8, 4) is 5.75 Å². The Labute approximate surface area is 251 Å². The number of nitrogens with zero attached hydrogens (tertiary/aromatic N) is 3. The number of Topliss-reactive ketones (excluding diaryl/α,β-unsaturated/α-hetero) is 1.